The van der Waals surface area contributed by atoms with E-state index in [9.17, 15) is 10.1 Å². The van der Waals surface area contributed by atoms with Crippen molar-refractivity contribution in [2.24, 2.45) is 0 Å². The second kappa shape index (κ2) is 3.77. The van der Waals surface area contributed by atoms with Crippen molar-refractivity contribution in [2.75, 3.05) is 12.4 Å². The van der Waals surface area contributed by atoms with Crippen LogP contribution in [0.2, 0.25) is 0 Å². The van der Waals surface area contributed by atoms with E-state index >= 15 is 0 Å². The van der Waals surface area contributed by atoms with Crippen molar-refractivity contribution in [3.05, 3.63) is 40.1 Å². The Kier molecular flexibility index (Phi) is 2.44. The topological polar surface area (TPSA) is 68.1 Å². The van der Waals surface area contributed by atoms with Crippen molar-refractivity contribution < 1.29 is 4.92 Å². The Morgan fingerprint density at radius 3 is 2.75 bits per heavy atom. The SMILES string of the molecule is CNc1cc(C)nc2ccc([N+](=O)[O-])cc12. The molecule has 0 fully saturated rings. The lowest BCUT2D eigenvalue weighted by Gasteiger charge is -2.06. The molecule has 16 heavy (non-hydrogen) atoms. The Hall–Kier alpha value is -2.17. The summed E-state index contributed by atoms with van der Waals surface area (Å²) in [5.41, 5.74) is 2.57. The number of fused-ring (bicyclic) bond motifs is 1. The van der Waals surface area contributed by atoms with Gasteiger partial charge in [0.1, 0.15) is 0 Å². The summed E-state index contributed by atoms with van der Waals surface area (Å²) < 4.78 is 0. The van der Waals surface area contributed by atoms with Gasteiger partial charge in [-0.15, -0.1) is 0 Å². The van der Waals surface area contributed by atoms with Crippen LogP contribution >= 0.6 is 0 Å². The number of anilines is 1. The molecule has 0 aliphatic rings. The number of pyridine rings is 1. The van der Waals surface area contributed by atoms with Crippen LogP contribution in [0.3, 0.4) is 0 Å². The van der Waals surface area contributed by atoms with Crippen molar-refractivity contribution >= 4 is 22.3 Å². The van der Waals surface area contributed by atoms with E-state index in [4.69, 9.17) is 0 Å². The van der Waals surface area contributed by atoms with Crippen LogP contribution in [-0.4, -0.2) is 17.0 Å². The average molecular weight is 217 g/mol. The minimum Gasteiger partial charge on any atom is -0.388 e. The van der Waals surface area contributed by atoms with Crippen molar-refractivity contribution in [1.29, 1.82) is 0 Å². The number of aryl methyl sites for hydroxylation is 1. The number of non-ortho nitro benzene ring substituents is 1. The molecule has 1 aromatic carbocycles. The molecule has 1 N–H and O–H groups in total. The molecule has 5 heteroatoms. The van der Waals surface area contributed by atoms with E-state index in [0.29, 0.717) is 0 Å². The van der Waals surface area contributed by atoms with Crippen LogP contribution < -0.4 is 5.32 Å². The largest absolute Gasteiger partial charge is 0.388 e. The molecule has 1 aromatic heterocycles. The third-order valence-electron chi connectivity index (χ3n) is 2.40. The highest BCUT2D eigenvalue weighted by Gasteiger charge is 2.09. The molecule has 0 amide bonds. The van der Waals surface area contributed by atoms with Gasteiger partial charge in [0.05, 0.1) is 10.4 Å². The number of nitrogens with one attached hydrogen (secondary N) is 1. The highest BCUT2D eigenvalue weighted by molar-refractivity contribution is 5.92. The molecule has 0 aliphatic heterocycles. The van der Waals surface area contributed by atoms with Crippen LogP contribution in [0.4, 0.5) is 11.4 Å². The maximum absolute atomic E-state index is 10.7. The van der Waals surface area contributed by atoms with Crippen LogP contribution in [-0.2, 0) is 0 Å². The standard InChI is InChI=1S/C11H11N3O2/c1-7-5-11(12-2)9-6-8(14(15)16)3-4-10(9)13-7/h3-6H,1-2H3,(H,12,13). The summed E-state index contributed by atoms with van der Waals surface area (Å²) in [4.78, 5) is 14.6. The summed E-state index contributed by atoms with van der Waals surface area (Å²) in [6.07, 6.45) is 0. The fourth-order valence-corrected chi connectivity index (χ4v) is 1.67. The van der Waals surface area contributed by atoms with Crippen LogP contribution in [0.1, 0.15) is 5.69 Å². The van der Waals surface area contributed by atoms with E-state index in [1.54, 1.807) is 13.1 Å². The highest BCUT2D eigenvalue weighted by Crippen LogP contribution is 2.26. The third kappa shape index (κ3) is 1.67. The molecule has 0 unspecified atom stereocenters. The molecule has 0 bridgehead atoms. The van der Waals surface area contributed by atoms with Crippen LogP contribution in [0, 0.1) is 17.0 Å². The molecule has 0 saturated carbocycles. The van der Waals surface area contributed by atoms with Crippen molar-refractivity contribution in [2.45, 2.75) is 6.92 Å². The lowest BCUT2D eigenvalue weighted by molar-refractivity contribution is -0.384. The number of hydrogen-bond acceptors (Lipinski definition) is 4. The van der Waals surface area contributed by atoms with Gasteiger partial charge in [-0.1, -0.05) is 0 Å². The molecule has 0 aliphatic carbocycles. The van der Waals surface area contributed by atoms with Gasteiger partial charge in [-0.25, -0.2) is 0 Å². The number of benzene rings is 1. The second-order valence-corrected chi connectivity index (χ2v) is 3.52. The maximum Gasteiger partial charge on any atom is 0.270 e. The first-order valence-corrected chi connectivity index (χ1v) is 4.85. The van der Waals surface area contributed by atoms with E-state index in [1.807, 2.05) is 13.0 Å². The monoisotopic (exact) mass is 217 g/mol. The number of aromatic nitrogens is 1. The molecule has 1 heterocycles. The lowest BCUT2D eigenvalue weighted by Crippen LogP contribution is -1.95. The first-order chi connectivity index (χ1) is 7.61. The van der Waals surface area contributed by atoms with E-state index in [-0.39, 0.29) is 5.69 Å². The van der Waals surface area contributed by atoms with Crippen LogP contribution in [0.5, 0.6) is 0 Å². The molecule has 2 rings (SSSR count). The Labute approximate surface area is 92.3 Å². The Balaban J connectivity index is 2.75. The van der Waals surface area contributed by atoms with Gasteiger partial charge in [-0.3, -0.25) is 15.1 Å². The molecule has 0 spiro atoms. The summed E-state index contributed by atoms with van der Waals surface area (Å²) in [5, 5.41) is 14.5. The fourth-order valence-electron chi connectivity index (χ4n) is 1.67. The summed E-state index contributed by atoms with van der Waals surface area (Å²) >= 11 is 0. The van der Waals surface area contributed by atoms with Gasteiger partial charge in [0.25, 0.3) is 5.69 Å². The Morgan fingerprint density at radius 1 is 1.38 bits per heavy atom. The van der Waals surface area contributed by atoms with Gasteiger partial charge >= 0.3 is 0 Å². The molecular weight excluding hydrogens is 206 g/mol. The quantitative estimate of drug-likeness (QED) is 0.619. The molecular formula is C11H11N3O2. The van der Waals surface area contributed by atoms with Gasteiger partial charge in [-0.05, 0) is 19.1 Å². The van der Waals surface area contributed by atoms with Crippen molar-refractivity contribution in [1.82, 2.24) is 4.98 Å². The smallest absolute Gasteiger partial charge is 0.270 e. The molecule has 5 nitrogen and oxygen atoms in total. The lowest BCUT2D eigenvalue weighted by atomic mass is 10.1. The number of nitrogens with zero attached hydrogens (tertiary/aromatic N) is 2. The predicted octanol–water partition coefficient (Wildman–Crippen LogP) is 2.49. The Morgan fingerprint density at radius 2 is 2.12 bits per heavy atom. The normalized spacial score (nSPS) is 10.4. The van der Waals surface area contributed by atoms with E-state index in [2.05, 4.69) is 10.3 Å². The van der Waals surface area contributed by atoms with E-state index in [1.165, 1.54) is 12.1 Å². The van der Waals surface area contributed by atoms with E-state index in [0.717, 1.165) is 22.3 Å². The number of hydrogen-bond donors (Lipinski definition) is 1. The minimum atomic E-state index is -0.404. The number of nitro groups is 1. The summed E-state index contributed by atoms with van der Waals surface area (Å²) in [7, 11) is 1.78. The number of nitro benzene ring substituents is 1. The van der Waals surface area contributed by atoms with E-state index < -0.39 is 4.92 Å². The first kappa shape index (κ1) is 10.4. The molecule has 0 saturated heterocycles. The summed E-state index contributed by atoms with van der Waals surface area (Å²) in [6.45, 7) is 1.89. The highest BCUT2D eigenvalue weighted by atomic mass is 16.6. The summed E-state index contributed by atoms with van der Waals surface area (Å²) in [6, 6.07) is 6.54. The average Bonchev–Trinajstić information content (AvgIpc) is 2.27. The zero-order valence-corrected chi connectivity index (χ0v) is 9.02. The zero-order chi connectivity index (χ0) is 11.7. The van der Waals surface area contributed by atoms with Gasteiger partial charge in [0, 0.05) is 35.9 Å². The van der Waals surface area contributed by atoms with Crippen LogP contribution in [0.25, 0.3) is 10.9 Å². The van der Waals surface area contributed by atoms with Crippen molar-refractivity contribution in [3.63, 3.8) is 0 Å². The second-order valence-electron chi connectivity index (χ2n) is 3.52. The van der Waals surface area contributed by atoms with Gasteiger partial charge in [0.2, 0.25) is 0 Å². The maximum atomic E-state index is 10.7. The van der Waals surface area contributed by atoms with Gasteiger partial charge < -0.3 is 5.32 Å². The minimum absolute atomic E-state index is 0.0784. The third-order valence-corrected chi connectivity index (χ3v) is 2.40. The molecule has 0 atom stereocenters. The predicted molar refractivity (Wildman–Crippen MR) is 62.7 cm³/mol. The Bertz CT molecular complexity index is 566. The first-order valence-electron chi connectivity index (χ1n) is 4.85. The van der Waals surface area contributed by atoms with Gasteiger partial charge in [0.15, 0.2) is 0 Å². The zero-order valence-electron chi connectivity index (χ0n) is 9.02. The molecule has 0 radical (unpaired) electrons. The van der Waals surface area contributed by atoms with Crippen molar-refractivity contribution in [3.8, 4) is 0 Å². The summed E-state index contributed by atoms with van der Waals surface area (Å²) in [5.74, 6) is 0. The fraction of sp³-hybridized carbons (Fsp3) is 0.182. The van der Waals surface area contributed by atoms with Crippen LogP contribution in [0.15, 0.2) is 24.3 Å². The van der Waals surface area contributed by atoms with Gasteiger partial charge in [-0.2, -0.15) is 0 Å². The molecule has 82 valence electrons. The number of rotatable bonds is 2. The molecule has 2 aromatic rings.